The van der Waals surface area contributed by atoms with Gasteiger partial charge in [-0.25, -0.2) is 9.97 Å². The van der Waals surface area contributed by atoms with Crippen LogP contribution in [0.3, 0.4) is 0 Å². The summed E-state index contributed by atoms with van der Waals surface area (Å²) in [6.45, 7) is 0. The largest absolute Gasteiger partial charge is 0.315 e. The van der Waals surface area contributed by atoms with Crippen LogP contribution in [0, 0.1) is 0 Å². The molecule has 9 rings (SSSR count). The number of hydrogen-bond donors (Lipinski definition) is 0. The number of aromatic nitrogens is 2. The molecule has 2 aromatic heterocycles. The predicted molar refractivity (Wildman–Crippen MR) is 191 cm³/mol. The SMILES string of the molecule is C1=CC(N(c2ccccn2)c2cccc3ccccc23)C2=CCc3ccc(N(c4ccccc4)c4ccccn4)c4ccc1c2c34. The normalized spacial score (nSPS) is 14.7. The van der Waals surface area contributed by atoms with Crippen LogP contribution in [0.2, 0.25) is 0 Å². The summed E-state index contributed by atoms with van der Waals surface area (Å²) in [6, 6.07) is 47.1. The molecular formula is C42H30N4. The minimum atomic E-state index is -0.0309. The summed E-state index contributed by atoms with van der Waals surface area (Å²) in [6.07, 6.45) is 11.7. The van der Waals surface area contributed by atoms with E-state index in [2.05, 4.69) is 149 Å². The standard InChI is InChI=1S/C42H30N4/c1-2-13-32(14-3-1)45(39-17-6-8-27-43-39)37-25-21-30-20-24-35-38(26-22-31-19-23-34(37)41(30)42(31)35)46(40-18-7-9-28-44-40)36-16-10-12-29-11-4-5-15-33(29)36/h1-19,21-28,38H,20H2. The van der Waals surface area contributed by atoms with E-state index in [0.717, 1.165) is 35.1 Å². The summed E-state index contributed by atoms with van der Waals surface area (Å²) in [7, 11) is 0. The van der Waals surface area contributed by atoms with Crippen molar-refractivity contribution in [1.82, 2.24) is 9.97 Å². The number of hydrogen-bond acceptors (Lipinski definition) is 4. The number of benzene rings is 5. The minimum Gasteiger partial charge on any atom is -0.315 e. The van der Waals surface area contributed by atoms with Crippen molar-refractivity contribution in [2.24, 2.45) is 0 Å². The van der Waals surface area contributed by atoms with Gasteiger partial charge in [0.2, 0.25) is 0 Å². The highest BCUT2D eigenvalue weighted by Gasteiger charge is 2.32. The Bertz CT molecular complexity index is 2250. The molecule has 4 heteroatoms. The maximum absolute atomic E-state index is 4.90. The van der Waals surface area contributed by atoms with Crippen LogP contribution in [0.1, 0.15) is 16.7 Å². The number of para-hydroxylation sites is 1. The van der Waals surface area contributed by atoms with Crippen molar-refractivity contribution in [3.05, 3.63) is 175 Å². The molecule has 0 bridgehead atoms. The van der Waals surface area contributed by atoms with Gasteiger partial charge in [-0.2, -0.15) is 0 Å². The maximum Gasteiger partial charge on any atom is 0.137 e. The first kappa shape index (κ1) is 26.4. The van der Waals surface area contributed by atoms with Gasteiger partial charge >= 0.3 is 0 Å². The molecule has 0 amide bonds. The van der Waals surface area contributed by atoms with Crippen LogP contribution in [0.5, 0.6) is 0 Å². The van der Waals surface area contributed by atoms with Gasteiger partial charge < -0.3 is 4.90 Å². The third kappa shape index (κ3) is 4.22. The molecule has 2 aliphatic rings. The Morgan fingerprint density at radius 1 is 0.587 bits per heavy atom. The Morgan fingerprint density at radius 2 is 1.35 bits per heavy atom. The summed E-state index contributed by atoms with van der Waals surface area (Å²) < 4.78 is 0. The summed E-state index contributed by atoms with van der Waals surface area (Å²) >= 11 is 0. The first-order valence-electron chi connectivity index (χ1n) is 15.8. The molecule has 0 N–H and O–H groups in total. The van der Waals surface area contributed by atoms with Gasteiger partial charge in [-0.1, -0.05) is 103 Å². The molecule has 46 heavy (non-hydrogen) atoms. The lowest BCUT2D eigenvalue weighted by molar-refractivity contribution is 0.930. The fourth-order valence-electron chi connectivity index (χ4n) is 7.24. The molecule has 5 aromatic carbocycles. The third-order valence-electron chi connectivity index (χ3n) is 9.22. The maximum atomic E-state index is 4.90. The Kier molecular flexibility index (Phi) is 6.24. The predicted octanol–water partition coefficient (Wildman–Crippen LogP) is 10.4. The van der Waals surface area contributed by atoms with E-state index < -0.39 is 0 Å². The van der Waals surface area contributed by atoms with Gasteiger partial charge in [0.1, 0.15) is 11.6 Å². The summed E-state index contributed by atoms with van der Waals surface area (Å²) in [5, 5.41) is 4.96. The second-order valence-electron chi connectivity index (χ2n) is 11.8. The summed E-state index contributed by atoms with van der Waals surface area (Å²) in [5.74, 6) is 1.82. The van der Waals surface area contributed by atoms with Crippen LogP contribution in [0.4, 0.5) is 28.7 Å². The molecule has 0 spiro atoms. The molecular weight excluding hydrogens is 560 g/mol. The van der Waals surface area contributed by atoms with E-state index in [1.165, 1.54) is 43.8 Å². The fourth-order valence-corrected chi connectivity index (χ4v) is 7.24. The van der Waals surface area contributed by atoms with Crippen molar-refractivity contribution in [1.29, 1.82) is 0 Å². The van der Waals surface area contributed by atoms with E-state index in [9.17, 15) is 0 Å². The van der Waals surface area contributed by atoms with Crippen molar-refractivity contribution < 1.29 is 0 Å². The highest BCUT2D eigenvalue weighted by molar-refractivity contribution is 6.10. The lowest BCUT2D eigenvalue weighted by Crippen LogP contribution is -2.33. The zero-order valence-electron chi connectivity index (χ0n) is 25.2. The van der Waals surface area contributed by atoms with Crippen molar-refractivity contribution in [2.75, 3.05) is 9.80 Å². The molecule has 0 fully saturated rings. The smallest absolute Gasteiger partial charge is 0.137 e. The zero-order chi connectivity index (χ0) is 30.5. The molecule has 218 valence electrons. The number of allylic oxidation sites excluding steroid dienone is 1. The zero-order valence-corrected chi connectivity index (χ0v) is 25.2. The molecule has 4 nitrogen and oxygen atoms in total. The molecule has 0 radical (unpaired) electrons. The topological polar surface area (TPSA) is 32.3 Å². The molecule has 0 saturated heterocycles. The highest BCUT2D eigenvalue weighted by Crippen LogP contribution is 2.48. The van der Waals surface area contributed by atoms with Gasteiger partial charge in [-0.3, -0.25) is 4.90 Å². The Morgan fingerprint density at radius 3 is 2.17 bits per heavy atom. The molecule has 7 aromatic rings. The van der Waals surface area contributed by atoms with E-state index in [1.807, 2.05) is 24.5 Å². The van der Waals surface area contributed by atoms with Gasteiger partial charge in [0, 0.05) is 28.9 Å². The number of nitrogens with zero attached hydrogens (tertiary/aromatic N) is 4. The number of pyridine rings is 2. The van der Waals surface area contributed by atoms with Crippen molar-refractivity contribution in [3.63, 3.8) is 0 Å². The molecule has 1 unspecified atom stereocenters. The van der Waals surface area contributed by atoms with Gasteiger partial charge in [-0.15, -0.1) is 0 Å². The molecule has 0 aliphatic heterocycles. The minimum absolute atomic E-state index is 0.0309. The van der Waals surface area contributed by atoms with Crippen LogP contribution in [-0.2, 0) is 6.42 Å². The fraction of sp³-hybridized carbons (Fsp3) is 0.0476. The van der Waals surface area contributed by atoms with E-state index in [4.69, 9.17) is 9.97 Å². The van der Waals surface area contributed by atoms with Crippen molar-refractivity contribution in [3.8, 4) is 0 Å². The van der Waals surface area contributed by atoms with Gasteiger partial charge in [0.05, 0.1) is 17.4 Å². The number of anilines is 5. The number of fused-ring (bicyclic) bond motifs is 1. The average Bonchev–Trinajstić information content (AvgIpc) is 3.13. The second-order valence-corrected chi connectivity index (χ2v) is 11.8. The van der Waals surface area contributed by atoms with E-state index >= 15 is 0 Å². The van der Waals surface area contributed by atoms with Gasteiger partial charge in [-0.05, 0) is 88.0 Å². The van der Waals surface area contributed by atoms with Crippen molar-refractivity contribution >= 4 is 61.9 Å². The monoisotopic (exact) mass is 590 g/mol. The highest BCUT2D eigenvalue weighted by atomic mass is 15.2. The lowest BCUT2D eigenvalue weighted by atomic mass is 9.78. The van der Waals surface area contributed by atoms with Crippen LogP contribution in [-0.4, -0.2) is 16.0 Å². The van der Waals surface area contributed by atoms with Crippen LogP contribution in [0.15, 0.2) is 158 Å². The van der Waals surface area contributed by atoms with Crippen molar-refractivity contribution in [2.45, 2.75) is 12.5 Å². The van der Waals surface area contributed by atoms with E-state index in [-0.39, 0.29) is 6.04 Å². The number of rotatable bonds is 6. The molecule has 1 atom stereocenters. The molecule has 2 heterocycles. The lowest BCUT2D eigenvalue weighted by Gasteiger charge is -2.38. The van der Waals surface area contributed by atoms with E-state index in [1.54, 1.807) is 0 Å². The quantitative estimate of drug-likeness (QED) is 0.193. The summed E-state index contributed by atoms with van der Waals surface area (Å²) in [5.41, 5.74) is 8.56. The summed E-state index contributed by atoms with van der Waals surface area (Å²) in [4.78, 5) is 14.4. The third-order valence-corrected chi connectivity index (χ3v) is 9.22. The Balaban J connectivity index is 1.25. The van der Waals surface area contributed by atoms with Gasteiger partial charge in [0.25, 0.3) is 0 Å². The van der Waals surface area contributed by atoms with Gasteiger partial charge in [0.15, 0.2) is 0 Å². The first-order chi connectivity index (χ1) is 22.8. The molecule has 2 aliphatic carbocycles. The van der Waals surface area contributed by atoms with Crippen LogP contribution < -0.4 is 9.80 Å². The second kappa shape index (κ2) is 10.9. The first-order valence-corrected chi connectivity index (χ1v) is 15.8. The Hall–Kier alpha value is -6.00. The average molecular weight is 591 g/mol. The Labute approximate surface area is 268 Å². The van der Waals surface area contributed by atoms with Crippen LogP contribution in [0.25, 0.3) is 33.2 Å². The van der Waals surface area contributed by atoms with E-state index in [0.29, 0.717) is 0 Å². The van der Waals surface area contributed by atoms with Crippen LogP contribution >= 0.6 is 0 Å². The molecule has 0 saturated carbocycles.